The largest absolute Gasteiger partial charge is 1.00 e. The molecule has 6 aromatic rings. The van der Waals surface area contributed by atoms with Crippen LogP contribution in [0.5, 0.6) is 0 Å². The van der Waals surface area contributed by atoms with Gasteiger partial charge in [0.1, 0.15) is 32.7 Å². The number of hydrogen-bond acceptors (Lipinski definition) is 20. The smallest absolute Gasteiger partial charge is 0.744 e. The third-order valence-electron chi connectivity index (χ3n) is 7.53. The van der Waals surface area contributed by atoms with Crippen LogP contribution in [-0.2, 0) is 20.2 Å². The number of aromatic nitrogens is 6. The van der Waals surface area contributed by atoms with Crippen LogP contribution >= 0.6 is 0 Å². The van der Waals surface area contributed by atoms with Crippen molar-refractivity contribution in [2.45, 2.75) is 36.1 Å². The molecule has 0 radical (unpaired) electrons. The fourth-order valence-corrected chi connectivity index (χ4v) is 6.54. The number of rotatable bonds is 16. The molecule has 2 atom stereocenters. The zero-order chi connectivity index (χ0) is 41.5. The van der Waals surface area contributed by atoms with Gasteiger partial charge in [0, 0.05) is 22.7 Å². The molecular weight excluding hydrogens is 839 g/mol. The first kappa shape index (κ1) is 47.9. The van der Waals surface area contributed by atoms with Gasteiger partial charge in [-0.3, -0.25) is 0 Å². The Balaban J connectivity index is 0.00000397. The summed E-state index contributed by atoms with van der Waals surface area (Å²) in [5.41, 5.74) is 1.19. The normalized spacial score (nSPS) is 12.3. The molecule has 0 saturated carbocycles. The van der Waals surface area contributed by atoms with Gasteiger partial charge in [-0.1, -0.05) is 60.7 Å². The third-order valence-corrected chi connectivity index (χ3v) is 9.31. The van der Waals surface area contributed by atoms with Gasteiger partial charge in [0.25, 0.3) is 0 Å². The van der Waals surface area contributed by atoms with E-state index in [0.717, 1.165) is 12.1 Å². The van der Waals surface area contributed by atoms with Crippen LogP contribution in [-0.4, -0.2) is 78.5 Å². The fourth-order valence-electron chi connectivity index (χ4n) is 5.15. The summed E-state index contributed by atoms with van der Waals surface area (Å²) in [6.07, 6.45) is 0.267. The number of nitrogens with zero attached hydrogens (tertiary/aromatic N) is 6. The molecule has 0 saturated heterocycles. The zero-order valence-corrected chi connectivity index (χ0v) is 38.0. The van der Waals surface area contributed by atoms with E-state index in [2.05, 4.69) is 61.8 Å². The Morgan fingerprint density at radius 1 is 0.483 bits per heavy atom. The Morgan fingerprint density at radius 3 is 1.08 bits per heavy atom. The summed E-state index contributed by atoms with van der Waals surface area (Å²) in [6.45, 7) is 2.90. The summed E-state index contributed by atoms with van der Waals surface area (Å²) in [5, 5.41) is 36.6. The number of benzene rings is 4. The molecule has 2 unspecified atom stereocenters. The van der Waals surface area contributed by atoms with Gasteiger partial charge in [-0.05, 0) is 73.5 Å². The standard InChI is InChI=1S/C36H36N12O8S2.2Na/c1-21(49)37-31-43-33(39-25-9-5-3-6-10-25)47-35(45-31)41-27-17-15-23(29(19-27)57(51,52)53)13-14-24-16-18-28(20-30(24)58(54,55)56)42-36-46-32(38-22(2)50)44-34(48-36)40-26-11-7-4-8-12-26;;/h3-22,49-50H,1-2H3,(H,51,52,53)(H,54,55,56)(H3,37,39,41,43,45,47)(H3,38,40,42,44,46,48);;/q;2*+1/p-2/b14-13+;;. The quantitative estimate of drug-likeness (QED) is 0.0238. The van der Waals surface area contributed by atoms with Crippen molar-refractivity contribution >= 4 is 90.8 Å². The molecule has 60 heavy (non-hydrogen) atoms. The van der Waals surface area contributed by atoms with Gasteiger partial charge < -0.3 is 51.2 Å². The predicted molar refractivity (Wildman–Crippen MR) is 214 cm³/mol. The van der Waals surface area contributed by atoms with E-state index < -0.39 is 42.5 Å². The summed E-state index contributed by atoms with van der Waals surface area (Å²) < 4.78 is 74.7. The monoisotopic (exact) mass is 872 g/mol. The molecule has 2 aromatic heterocycles. The fraction of sp³-hybridized carbons (Fsp3) is 0.111. The van der Waals surface area contributed by atoms with E-state index in [1.165, 1.54) is 50.3 Å². The van der Waals surface area contributed by atoms with Gasteiger partial charge in [0.05, 0.1) is 9.79 Å². The second-order valence-corrected chi connectivity index (χ2v) is 14.9. The van der Waals surface area contributed by atoms with Crippen molar-refractivity contribution in [3.05, 3.63) is 108 Å². The molecular formula is C36H34N12Na2O8S2. The summed E-state index contributed by atoms with van der Waals surface area (Å²) in [6, 6.07) is 25.3. The van der Waals surface area contributed by atoms with E-state index in [1.807, 2.05) is 12.1 Å². The molecule has 8 N–H and O–H groups in total. The van der Waals surface area contributed by atoms with Gasteiger partial charge in [-0.15, -0.1) is 0 Å². The Bertz CT molecular complexity index is 2490. The van der Waals surface area contributed by atoms with Crippen LogP contribution in [0.25, 0.3) is 12.2 Å². The minimum absolute atomic E-state index is 0. The second-order valence-electron chi connectivity index (χ2n) is 12.2. The summed E-state index contributed by atoms with van der Waals surface area (Å²) in [5.74, 6) is -0.0597. The second kappa shape index (κ2) is 21.1. The van der Waals surface area contributed by atoms with E-state index in [1.54, 1.807) is 48.5 Å². The molecule has 0 aliphatic heterocycles. The Morgan fingerprint density at radius 2 is 0.783 bits per heavy atom. The molecule has 24 heteroatoms. The zero-order valence-electron chi connectivity index (χ0n) is 32.4. The van der Waals surface area contributed by atoms with Gasteiger partial charge in [-0.25, -0.2) is 16.8 Å². The molecule has 0 spiro atoms. The number of para-hydroxylation sites is 2. The first-order valence-corrected chi connectivity index (χ1v) is 19.9. The molecule has 4 aromatic carbocycles. The molecule has 0 aliphatic rings. The third kappa shape index (κ3) is 13.9. The van der Waals surface area contributed by atoms with Crippen molar-refractivity contribution in [2.24, 2.45) is 0 Å². The van der Waals surface area contributed by atoms with Gasteiger partial charge in [0.2, 0.25) is 35.7 Å². The number of anilines is 10. The SMILES string of the molecule is CC(O)Nc1nc(Nc2ccccc2)nc(Nc2ccc(/C=C/c3ccc(Nc4nc(Nc5ccccc5)nc(NC(C)O)n4)cc3S(=O)(=O)[O-])c(S(=O)(=O)[O-])c2)n1.[Na+].[Na+]. The van der Waals surface area contributed by atoms with Crippen LogP contribution < -0.4 is 91.0 Å². The molecule has 2 heterocycles. The van der Waals surface area contributed by atoms with E-state index in [0.29, 0.717) is 11.4 Å². The first-order chi connectivity index (χ1) is 27.6. The van der Waals surface area contributed by atoms with Crippen LogP contribution in [0.3, 0.4) is 0 Å². The minimum Gasteiger partial charge on any atom is -0.744 e. The van der Waals surface area contributed by atoms with Gasteiger partial charge >= 0.3 is 59.1 Å². The van der Waals surface area contributed by atoms with Gasteiger partial charge in [0.15, 0.2) is 0 Å². The van der Waals surface area contributed by atoms with Crippen molar-refractivity contribution < 1.29 is 95.3 Å². The number of aliphatic hydroxyl groups excluding tert-OH is 2. The molecule has 0 bridgehead atoms. The van der Waals surface area contributed by atoms with Crippen LogP contribution in [0.1, 0.15) is 25.0 Å². The van der Waals surface area contributed by atoms with E-state index in [-0.39, 0.29) is 117 Å². The average molecular weight is 873 g/mol. The maximum Gasteiger partial charge on any atom is 1.00 e. The summed E-state index contributed by atoms with van der Waals surface area (Å²) in [4.78, 5) is 24.1. The van der Waals surface area contributed by atoms with E-state index in [4.69, 9.17) is 0 Å². The predicted octanol–water partition coefficient (Wildman–Crippen LogP) is -1.48. The Hall–Kier alpha value is -4.82. The van der Waals surface area contributed by atoms with Crippen LogP contribution in [0, 0.1) is 0 Å². The van der Waals surface area contributed by atoms with Crippen molar-refractivity contribution in [1.82, 2.24) is 29.9 Å². The van der Waals surface area contributed by atoms with E-state index >= 15 is 0 Å². The van der Waals surface area contributed by atoms with Crippen molar-refractivity contribution in [3.63, 3.8) is 0 Å². The molecule has 300 valence electrons. The first-order valence-electron chi connectivity index (χ1n) is 17.0. The Kier molecular flexibility index (Phi) is 16.8. The molecule has 6 rings (SSSR count). The molecule has 20 nitrogen and oxygen atoms in total. The molecule has 0 amide bonds. The topological polar surface area (TPSA) is 304 Å². The van der Waals surface area contributed by atoms with E-state index in [9.17, 15) is 36.2 Å². The minimum atomic E-state index is -5.13. The summed E-state index contributed by atoms with van der Waals surface area (Å²) in [7, 11) is -10.3. The number of aliphatic hydroxyl groups is 2. The molecule has 0 fully saturated rings. The molecule has 0 aliphatic carbocycles. The van der Waals surface area contributed by atoms with Crippen LogP contribution in [0.2, 0.25) is 0 Å². The van der Waals surface area contributed by atoms with Crippen molar-refractivity contribution in [1.29, 1.82) is 0 Å². The maximum atomic E-state index is 12.5. The maximum absolute atomic E-state index is 12.5. The Labute approximate surface area is 389 Å². The van der Waals surface area contributed by atoms with Crippen LogP contribution in [0.4, 0.5) is 58.4 Å². The van der Waals surface area contributed by atoms with Crippen LogP contribution in [0.15, 0.2) is 107 Å². The van der Waals surface area contributed by atoms with Crippen molar-refractivity contribution in [2.75, 3.05) is 31.9 Å². The van der Waals surface area contributed by atoms with Crippen molar-refractivity contribution in [3.8, 4) is 0 Å². The average Bonchev–Trinajstić information content (AvgIpc) is 3.14. The van der Waals surface area contributed by atoms with Gasteiger partial charge in [-0.2, -0.15) is 29.9 Å². The number of nitrogens with one attached hydrogen (secondary N) is 6. The summed E-state index contributed by atoms with van der Waals surface area (Å²) >= 11 is 0. The number of hydrogen-bond donors (Lipinski definition) is 8.